The van der Waals surface area contributed by atoms with Crippen LogP contribution >= 0.6 is 0 Å². The molecule has 10 rings (SSSR count). The summed E-state index contributed by atoms with van der Waals surface area (Å²) in [6.07, 6.45) is 14.3. The van der Waals surface area contributed by atoms with Gasteiger partial charge in [0, 0.05) is 62.9 Å². The number of benzene rings is 5. The van der Waals surface area contributed by atoms with Crippen LogP contribution in [0.25, 0.3) is 102 Å². The lowest BCUT2D eigenvalue weighted by Crippen LogP contribution is -1.91. The molecule has 60 heavy (non-hydrogen) atoms. The van der Waals surface area contributed by atoms with Crippen LogP contribution in [0.15, 0.2) is 193 Å². The minimum absolute atomic E-state index is 0.650. The van der Waals surface area contributed by atoms with E-state index in [0.29, 0.717) is 5.71 Å². The molecule has 0 saturated carbocycles. The average Bonchev–Trinajstić information content (AvgIpc) is 3.69. The highest BCUT2D eigenvalue weighted by Crippen LogP contribution is 2.37. The Bertz CT molecular complexity index is 3060. The highest BCUT2D eigenvalue weighted by atomic mass is 16.3. The molecule has 5 nitrogen and oxygen atoms in total. The van der Waals surface area contributed by atoms with Crippen LogP contribution in [-0.4, -0.2) is 19.9 Å². The third kappa shape index (κ3) is 7.55. The number of pyridine rings is 4. The monoisotopic (exact) mass is 770 g/mol. The molecule has 0 N–H and O–H groups in total. The second kappa shape index (κ2) is 16.1. The molecule has 0 saturated heterocycles. The van der Waals surface area contributed by atoms with Gasteiger partial charge in [-0.3, -0.25) is 15.0 Å². The van der Waals surface area contributed by atoms with Crippen LogP contribution in [0.3, 0.4) is 0 Å². The minimum atomic E-state index is 0.650. The van der Waals surface area contributed by atoms with Gasteiger partial charge in [-0.05, 0) is 88.8 Å². The summed E-state index contributed by atoms with van der Waals surface area (Å²) >= 11 is 0. The highest BCUT2D eigenvalue weighted by molar-refractivity contribution is 6.08. The molecule has 5 aromatic heterocycles. The summed E-state index contributed by atoms with van der Waals surface area (Å²) in [4.78, 5) is 19.2. The molecular weight excluding hydrogens is 733 g/mol. The maximum absolute atomic E-state index is 6.32. The average molecular weight is 771 g/mol. The third-order valence-electron chi connectivity index (χ3n) is 10.7. The first-order valence-electron chi connectivity index (χ1n) is 20.0. The number of para-hydroxylation sites is 1. The summed E-state index contributed by atoms with van der Waals surface area (Å²) in [6, 6.07) is 58.6. The zero-order valence-electron chi connectivity index (χ0n) is 32.9. The number of hydrogen-bond donors (Lipinski definition) is 0. The fourth-order valence-electron chi connectivity index (χ4n) is 7.65. The molecule has 0 aliphatic carbocycles. The lowest BCUT2D eigenvalue weighted by atomic mass is 9.93. The van der Waals surface area contributed by atoms with E-state index in [1.54, 1.807) is 0 Å². The van der Waals surface area contributed by atoms with Crippen molar-refractivity contribution in [3.05, 3.63) is 216 Å². The van der Waals surface area contributed by atoms with E-state index < -0.39 is 0 Å². The number of rotatable bonds is 9. The topological polar surface area (TPSA) is 64.7 Å². The first-order chi connectivity index (χ1) is 29.6. The highest BCUT2D eigenvalue weighted by Gasteiger charge is 2.15. The molecule has 0 aliphatic rings. The lowest BCUT2D eigenvalue weighted by molar-refractivity contribution is 0.653. The summed E-state index contributed by atoms with van der Waals surface area (Å²) in [5.41, 5.74) is 16.7. The summed E-state index contributed by atoms with van der Waals surface area (Å²) in [5, 5.41) is 2.06. The van der Waals surface area contributed by atoms with Gasteiger partial charge in [0.2, 0.25) is 5.71 Å². The van der Waals surface area contributed by atoms with Crippen molar-refractivity contribution < 1.29 is 4.42 Å². The second-order valence-corrected chi connectivity index (χ2v) is 14.8. The number of nitrogens with zero attached hydrogens (tertiary/aromatic N) is 4. The van der Waals surface area contributed by atoms with E-state index >= 15 is 0 Å². The smallest absolute Gasteiger partial charge is 0.227 e. The lowest BCUT2D eigenvalue weighted by Gasteiger charge is -2.12. The van der Waals surface area contributed by atoms with Crippen molar-refractivity contribution in [2.75, 3.05) is 0 Å². The van der Waals surface area contributed by atoms with Gasteiger partial charge in [-0.15, -0.1) is 0 Å². The Morgan fingerprint density at radius 1 is 0.383 bits per heavy atom. The minimum Gasteiger partial charge on any atom is -0.437 e. The van der Waals surface area contributed by atoms with Gasteiger partial charge in [0.1, 0.15) is 5.58 Å². The first kappa shape index (κ1) is 36.3. The van der Waals surface area contributed by atoms with E-state index in [9.17, 15) is 0 Å². The molecule has 0 aliphatic heterocycles. The van der Waals surface area contributed by atoms with Crippen LogP contribution in [0.1, 0.15) is 27.9 Å². The summed E-state index contributed by atoms with van der Waals surface area (Å²) in [7, 11) is 0. The van der Waals surface area contributed by atoms with Crippen molar-refractivity contribution in [1.29, 1.82) is 0 Å². The van der Waals surface area contributed by atoms with Crippen molar-refractivity contribution in [2.45, 2.75) is 6.92 Å². The SMILES string of the molecule is Cc1ccc2c(n1)oc1c(-c3ccc(-c4ccccc4-c4cc(/C=C\c5ccc(-c6ccccc6)nc5)cc(/C=C\c5ccc(-c6ccccc6)nc5)c4)nc3)cccc12. The van der Waals surface area contributed by atoms with Crippen LogP contribution in [-0.2, 0) is 0 Å². The van der Waals surface area contributed by atoms with Crippen molar-refractivity contribution in [3.8, 4) is 56.0 Å². The van der Waals surface area contributed by atoms with Gasteiger partial charge < -0.3 is 4.42 Å². The molecule has 5 aromatic carbocycles. The molecule has 0 fully saturated rings. The molecule has 0 amide bonds. The van der Waals surface area contributed by atoms with Crippen LogP contribution in [0.4, 0.5) is 0 Å². The van der Waals surface area contributed by atoms with Gasteiger partial charge in [0.15, 0.2) is 0 Å². The van der Waals surface area contributed by atoms with Gasteiger partial charge >= 0.3 is 0 Å². The quantitative estimate of drug-likeness (QED) is 0.146. The van der Waals surface area contributed by atoms with Crippen LogP contribution in [0, 0.1) is 6.92 Å². The zero-order valence-corrected chi connectivity index (χ0v) is 32.9. The summed E-state index contributed by atoms with van der Waals surface area (Å²) < 4.78 is 6.32. The number of fused-ring (bicyclic) bond motifs is 3. The molecule has 0 unspecified atom stereocenters. The molecule has 0 bridgehead atoms. The maximum Gasteiger partial charge on any atom is 0.227 e. The van der Waals surface area contributed by atoms with E-state index in [4.69, 9.17) is 19.4 Å². The van der Waals surface area contributed by atoms with Crippen LogP contribution in [0.2, 0.25) is 0 Å². The third-order valence-corrected chi connectivity index (χ3v) is 10.7. The van der Waals surface area contributed by atoms with Crippen molar-refractivity contribution in [3.63, 3.8) is 0 Å². The molecule has 5 heterocycles. The van der Waals surface area contributed by atoms with Gasteiger partial charge in [-0.2, -0.15) is 0 Å². The molecule has 5 heteroatoms. The predicted molar refractivity (Wildman–Crippen MR) is 248 cm³/mol. The molecule has 0 atom stereocenters. The Morgan fingerprint density at radius 3 is 1.55 bits per heavy atom. The molecule has 10 aromatic rings. The van der Waals surface area contributed by atoms with Crippen molar-refractivity contribution in [2.24, 2.45) is 0 Å². The van der Waals surface area contributed by atoms with Gasteiger partial charge in [-0.25, -0.2) is 4.98 Å². The molecule has 0 spiro atoms. The van der Waals surface area contributed by atoms with Gasteiger partial charge in [0.25, 0.3) is 0 Å². The molecule has 284 valence electrons. The Morgan fingerprint density at radius 2 is 0.950 bits per heavy atom. The number of aryl methyl sites for hydroxylation is 1. The number of furan rings is 1. The van der Waals surface area contributed by atoms with Gasteiger partial charge in [-0.1, -0.05) is 146 Å². The van der Waals surface area contributed by atoms with Crippen LogP contribution < -0.4 is 0 Å². The summed E-state index contributed by atoms with van der Waals surface area (Å²) in [6.45, 7) is 1.98. The fourth-order valence-corrected chi connectivity index (χ4v) is 7.65. The van der Waals surface area contributed by atoms with E-state index in [1.165, 1.54) is 0 Å². The Labute approximate surface area is 348 Å². The van der Waals surface area contributed by atoms with Crippen LogP contribution in [0.5, 0.6) is 0 Å². The normalized spacial score (nSPS) is 11.6. The molecular formula is C55H38N4O. The number of aromatic nitrogens is 4. The van der Waals surface area contributed by atoms with E-state index in [-0.39, 0.29) is 0 Å². The van der Waals surface area contributed by atoms with E-state index in [1.807, 2.05) is 68.0 Å². The van der Waals surface area contributed by atoms with Gasteiger partial charge in [0.05, 0.1) is 17.1 Å². The standard InChI is InChI=1S/C55H38N4O/c1-37-19-27-50-49-18-10-17-47(54(49)60-55(50)59-37)44-26-30-53(58-36-44)48-16-9-8-15-46(48)45-32-40(22-20-38-24-28-51(56-34-38)42-11-4-2-5-12-42)31-41(33-45)23-21-39-25-29-52(57-35-39)43-13-6-3-7-14-43/h2-36H,1H3/b22-20-,23-21-. The largest absolute Gasteiger partial charge is 0.437 e. The maximum atomic E-state index is 6.32. The van der Waals surface area contributed by atoms with Crippen molar-refractivity contribution in [1.82, 2.24) is 19.9 Å². The van der Waals surface area contributed by atoms with E-state index in [0.717, 1.165) is 100 Å². The first-order valence-corrected chi connectivity index (χ1v) is 20.0. The Hall–Kier alpha value is -8.02. The van der Waals surface area contributed by atoms with Crippen molar-refractivity contribution >= 4 is 46.4 Å². The Kier molecular flexibility index (Phi) is 9.74. The zero-order chi connectivity index (χ0) is 40.3. The number of hydrogen-bond acceptors (Lipinski definition) is 5. The van der Waals surface area contributed by atoms with E-state index in [2.05, 4.69) is 157 Å². The molecule has 0 radical (unpaired) electrons. The fraction of sp³-hybridized carbons (Fsp3) is 0.0182. The summed E-state index contributed by atoms with van der Waals surface area (Å²) in [5.74, 6) is 0. The predicted octanol–water partition coefficient (Wildman–Crippen LogP) is 14.2. The Balaban J connectivity index is 0.994. The second-order valence-electron chi connectivity index (χ2n) is 14.8.